The Bertz CT molecular complexity index is 306. The lowest BCUT2D eigenvalue weighted by Gasteiger charge is -2.33. The highest BCUT2D eigenvalue weighted by Gasteiger charge is 2.48. The Morgan fingerprint density at radius 1 is 1.44 bits per heavy atom. The van der Waals surface area contributed by atoms with Crippen LogP contribution in [0, 0.1) is 5.41 Å². The van der Waals surface area contributed by atoms with Gasteiger partial charge in [0.1, 0.15) is 0 Å². The number of carbonyl (C=O) groups is 1. The maximum Gasteiger partial charge on any atom is 0.235 e. The van der Waals surface area contributed by atoms with Gasteiger partial charge in [-0.15, -0.1) is 0 Å². The van der Waals surface area contributed by atoms with Gasteiger partial charge in [0.05, 0.1) is 10.4 Å². The fourth-order valence-corrected chi connectivity index (χ4v) is 3.06. The second-order valence-corrected chi connectivity index (χ2v) is 5.42. The van der Waals surface area contributed by atoms with Crippen molar-refractivity contribution in [3.63, 3.8) is 0 Å². The SMILES string of the molecule is CCN(C(=O)C1(C(N)=S)CCCC1)C1CC1. The molecular formula is C12H20N2OS. The summed E-state index contributed by atoms with van der Waals surface area (Å²) in [7, 11) is 0. The monoisotopic (exact) mass is 240 g/mol. The molecule has 0 saturated heterocycles. The molecule has 2 saturated carbocycles. The summed E-state index contributed by atoms with van der Waals surface area (Å²) in [5, 5.41) is 0. The number of nitrogens with zero attached hydrogens (tertiary/aromatic N) is 1. The Morgan fingerprint density at radius 2 is 2.00 bits per heavy atom. The van der Waals surface area contributed by atoms with Crippen molar-refractivity contribution in [3.8, 4) is 0 Å². The van der Waals surface area contributed by atoms with Crippen molar-refractivity contribution in [2.45, 2.75) is 51.5 Å². The predicted molar refractivity (Wildman–Crippen MR) is 68.1 cm³/mol. The van der Waals surface area contributed by atoms with Crippen LogP contribution >= 0.6 is 12.2 Å². The fraction of sp³-hybridized carbons (Fsp3) is 0.833. The van der Waals surface area contributed by atoms with Crippen LogP contribution in [0.5, 0.6) is 0 Å². The van der Waals surface area contributed by atoms with E-state index in [2.05, 4.69) is 0 Å². The zero-order chi connectivity index (χ0) is 11.8. The summed E-state index contributed by atoms with van der Waals surface area (Å²) < 4.78 is 0. The topological polar surface area (TPSA) is 46.3 Å². The molecule has 16 heavy (non-hydrogen) atoms. The smallest absolute Gasteiger partial charge is 0.235 e. The molecule has 4 heteroatoms. The van der Waals surface area contributed by atoms with E-state index in [1.807, 2.05) is 11.8 Å². The van der Waals surface area contributed by atoms with E-state index in [1.54, 1.807) is 0 Å². The fourth-order valence-electron chi connectivity index (χ4n) is 2.77. The van der Waals surface area contributed by atoms with E-state index in [1.165, 1.54) is 0 Å². The van der Waals surface area contributed by atoms with Crippen molar-refractivity contribution in [2.24, 2.45) is 11.1 Å². The van der Waals surface area contributed by atoms with Crippen LogP contribution in [-0.4, -0.2) is 28.4 Å². The van der Waals surface area contributed by atoms with Crippen LogP contribution in [0.25, 0.3) is 0 Å². The van der Waals surface area contributed by atoms with Crippen molar-refractivity contribution in [1.82, 2.24) is 4.90 Å². The summed E-state index contributed by atoms with van der Waals surface area (Å²) in [6.45, 7) is 2.83. The van der Waals surface area contributed by atoms with E-state index in [0.717, 1.165) is 45.1 Å². The van der Waals surface area contributed by atoms with Gasteiger partial charge in [-0.25, -0.2) is 0 Å². The van der Waals surface area contributed by atoms with Gasteiger partial charge in [0.2, 0.25) is 5.91 Å². The Kier molecular flexibility index (Phi) is 3.19. The number of rotatable bonds is 4. The molecule has 0 aliphatic heterocycles. The standard InChI is InChI=1S/C12H20N2OS/c1-2-14(9-5-6-9)11(15)12(10(13)16)7-3-4-8-12/h9H,2-8H2,1H3,(H2,13,16). The van der Waals surface area contributed by atoms with Crippen LogP contribution in [0.4, 0.5) is 0 Å². The first kappa shape index (κ1) is 11.8. The molecule has 2 aliphatic rings. The van der Waals surface area contributed by atoms with Crippen LogP contribution in [0.2, 0.25) is 0 Å². The Morgan fingerprint density at radius 3 is 2.38 bits per heavy atom. The third-order valence-electron chi connectivity index (χ3n) is 3.93. The molecule has 0 heterocycles. The molecule has 0 aromatic carbocycles. The Labute approximate surface area is 102 Å². The van der Waals surface area contributed by atoms with Crippen molar-refractivity contribution in [3.05, 3.63) is 0 Å². The minimum atomic E-state index is -0.506. The Hall–Kier alpha value is -0.640. The number of nitrogens with two attached hydrogens (primary N) is 1. The molecule has 0 unspecified atom stereocenters. The lowest BCUT2D eigenvalue weighted by Crippen LogP contribution is -2.49. The molecule has 2 fully saturated rings. The first-order valence-electron chi connectivity index (χ1n) is 6.23. The minimum Gasteiger partial charge on any atom is -0.392 e. The number of carbonyl (C=O) groups excluding carboxylic acids is 1. The highest BCUT2D eigenvalue weighted by atomic mass is 32.1. The zero-order valence-corrected chi connectivity index (χ0v) is 10.7. The van der Waals surface area contributed by atoms with E-state index < -0.39 is 5.41 Å². The lowest BCUT2D eigenvalue weighted by atomic mass is 9.84. The molecular weight excluding hydrogens is 220 g/mol. The van der Waals surface area contributed by atoms with Crippen molar-refractivity contribution in [1.29, 1.82) is 0 Å². The minimum absolute atomic E-state index is 0.197. The van der Waals surface area contributed by atoms with E-state index in [-0.39, 0.29) is 5.91 Å². The van der Waals surface area contributed by atoms with Crippen molar-refractivity contribution >= 4 is 23.1 Å². The van der Waals surface area contributed by atoms with Crippen LogP contribution in [0.1, 0.15) is 45.4 Å². The average molecular weight is 240 g/mol. The molecule has 90 valence electrons. The molecule has 3 nitrogen and oxygen atoms in total. The maximum absolute atomic E-state index is 12.6. The summed E-state index contributed by atoms with van der Waals surface area (Å²) in [5.74, 6) is 0.197. The van der Waals surface area contributed by atoms with Gasteiger partial charge in [-0.3, -0.25) is 4.79 Å². The van der Waals surface area contributed by atoms with Gasteiger partial charge in [-0.1, -0.05) is 25.1 Å². The van der Waals surface area contributed by atoms with Crippen LogP contribution in [-0.2, 0) is 4.79 Å². The van der Waals surface area contributed by atoms with E-state index in [4.69, 9.17) is 18.0 Å². The maximum atomic E-state index is 12.6. The normalized spacial score (nSPS) is 23.1. The second-order valence-electron chi connectivity index (χ2n) is 4.98. The summed E-state index contributed by atoms with van der Waals surface area (Å²) in [4.78, 5) is 15.0. The highest BCUT2D eigenvalue weighted by molar-refractivity contribution is 7.80. The summed E-state index contributed by atoms with van der Waals surface area (Å²) >= 11 is 5.15. The molecule has 0 spiro atoms. The van der Waals surface area contributed by atoms with Gasteiger partial charge in [-0.2, -0.15) is 0 Å². The quantitative estimate of drug-likeness (QED) is 0.763. The zero-order valence-electron chi connectivity index (χ0n) is 9.87. The molecule has 2 N–H and O–H groups in total. The number of hydrogen-bond acceptors (Lipinski definition) is 2. The van der Waals surface area contributed by atoms with Gasteiger partial charge < -0.3 is 10.6 Å². The van der Waals surface area contributed by atoms with Crippen molar-refractivity contribution in [2.75, 3.05) is 6.54 Å². The van der Waals surface area contributed by atoms with E-state index >= 15 is 0 Å². The van der Waals surface area contributed by atoms with Gasteiger partial charge in [-0.05, 0) is 32.6 Å². The number of amides is 1. The van der Waals surface area contributed by atoms with Gasteiger partial charge >= 0.3 is 0 Å². The summed E-state index contributed by atoms with van der Waals surface area (Å²) in [6, 6.07) is 0.462. The van der Waals surface area contributed by atoms with Crippen LogP contribution < -0.4 is 5.73 Å². The van der Waals surface area contributed by atoms with Crippen molar-refractivity contribution < 1.29 is 4.79 Å². The Balaban J connectivity index is 2.19. The second kappa shape index (κ2) is 4.32. The largest absolute Gasteiger partial charge is 0.392 e. The third-order valence-corrected chi connectivity index (χ3v) is 4.32. The molecule has 0 aromatic heterocycles. The molecule has 0 aromatic rings. The van der Waals surface area contributed by atoms with Gasteiger partial charge in [0, 0.05) is 12.6 Å². The average Bonchev–Trinajstić information content (AvgIpc) is 2.96. The van der Waals surface area contributed by atoms with Crippen LogP contribution in [0.3, 0.4) is 0 Å². The third kappa shape index (κ3) is 1.83. The van der Waals surface area contributed by atoms with E-state index in [0.29, 0.717) is 11.0 Å². The molecule has 2 rings (SSSR count). The predicted octanol–water partition coefficient (Wildman–Crippen LogP) is 1.84. The molecule has 0 radical (unpaired) electrons. The molecule has 0 bridgehead atoms. The molecule has 1 amide bonds. The van der Waals surface area contributed by atoms with Gasteiger partial charge in [0.15, 0.2) is 0 Å². The number of thiocarbonyl (C=S) groups is 1. The summed E-state index contributed by atoms with van der Waals surface area (Å²) in [6.07, 6.45) is 6.14. The summed E-state index contributed by atoms with van der Waals surface area (Å²) in [5.41, 5.74) is 5.32. The molecule has 0 atom stereocenters. The lowest BCUT2D eigenvalue weighted by molar-refractivity contribution is -0.138. The first-order valence-corrected chi connectivity index (χ1v) is 6.63. The first-order chi connectivity index (χ1) is 7.62. The van der Waals surface area contributed by atoms with Gasteiger partial charge in [0.25, 0.3) is 0 Å². The number of hydrogen-bond donors (Lipinski definition) is 1. The molecule has 2 aliphatic carbocycles. The van der Waals surface area contributed by atoms with Crippen LogP contribution in [0.15, 0.2) is 0 Å². The highest BCUT2D eigenvalue weighted by Crippen LogP contribution is 2.42. The van der Waals surface area contributed by atoms with E-state index in [9.17, 15) is 4.79 Å².